The van der Waals surface area contributed by atoms with Gasteiger partial charge in [-0.1, -0.05) is 18.2 Å². The summed E-state index contributed by atoms with van der Waals surface area (Å²) in [7, 11) is 0. The number of benzene rings is 1. The number of hydrogen-bond acceptors (Lipinski definition) is 4. The van der Waals surface area contributed by atoms with Gasteiger partial charge in [0, 0.05) is 35.3 Å². The first-order chi connectivity index (χ1) is 9.66. The number of piperazine rings is 1. The molecule has 20 heavy (non-hydrogen) atoms. The largest absolute Gasteiger partial charge is 0.480 e. The molecule has 1 fully saturated rings. The third-order valence-electron chi connectivity index (χ3n) is 3.92. The molecule has 2 unspecified atom stereocenters. The maximum Gasteiger partial charge on any atom is 0.322 e. The van der Waals surface area contributed by atoms with Crippen molar-refractivity contribution in [3.8, 4) is 0 Å². The standard InChI is InChI=1S/C15H18N2O2S/c1-10(17-7-6-16-9-12(17)15(18)19)14-8-11-4-2-3-5-13(11)20-14/h2-5,8,10,12,16H,6-7,9H2,1H3,(H,18,19). The predicted octanol–water partition coefficient (Wildman–Crippen LogP) is 2.32. The summed E-state index contributed by atoms with van der Waals surface area (Å²) in [6, 6.07) is 10.2. The fraction of sp³-hybridized carbons (Fsp3) is 0.400. The summed E-state index contributed by atoms with van der Waals surface area (Å²) in [5, 5.41) is 13.8. The molecule has 0 aliphatic carbocycles. The minimum atomic E-state index is -0.745. The van der Waals surface area contributed by atoms with Gasteiger partial charge < -0.3 is 10.4 Å². The molecule has 1 aliphatic heterocycles. The molecule has 0 bridgehead atoms. The van der Waals surface area contributed by atoms with E-state index < -0.39 is 12.0 Å². The van der Waals surface area contributed by atoms with E-state index in [1.165, 1.54) is 15.0 Å². The number of hydrogen-bond donors (Lipinski definition) is 2. The Labute approximate surface area is 122 Å². The monoisotopic (exact) mass is 290 g/mol. The number of nitrogens with one attached hydrogen (secondary N) is 1. The van der Waals surface area contributed by atoms with Crippen molar-refractivity contribution in [2.45, 2.75) is 19.0 Å². The molecular formula is C15H18N2O2S. The highest BCUT2D eigenvalue weighted by Gasteiger charge is 2.32. The zero-order chi connectivity index (χ0) is 14.1. The Hall–Kier alpha value is -1.43. The van der Waals surface area contributed by atoms with Gasteiger partial charge in [-0.05, 0) is 24.4 Å². The maximum absolute atomic E-state index is 11.4. The second kappa shape index (κ2) is 5.52. The SMILES string of the molecule is CC(c1cc2ccccc2s1)N1CCNCC1C(=O)O. The highest BCUT2D eigenvalue weighted by Crippen LogP contribution is 2.33. The number of rotatable bonds is 3. The van der Waals surface area contributed by atoms with Gasteiger partial charge in [-0.2, -0.15) is 0 Å². The van der Waals surface area contributed by atoms with Crippen molar-refractivity contribution in [1.82, 2.24) is 10.2 Å². The Morgan fingerprint density at radius 2 is 2.30 bits per heavy atom. The number of carboxylic acids is 1. The van der Waals surface area contributed by atoms with Crippen molar-refractivity contribution in [3.05, 3.63) is 35.2 Å². The van der Waals surface area contributed by atoms with Crippen LogP contribution in [0.1, 0.15) is 17.8 Å². The number of carboxylic acid groups (broad SMARTS) is 1. The number of thiophene rings is 1. The summed E-state index contributed by atoms with van der Waals surface area (Å²) in [5.74, 6) is -0.745. The normalized spacial score (nSPS) is 21.9. The first kappa shape index (κ1) is 13.5. The molecule has 1 aliphatic rings. The van der Waals surface area contributed by atoms with Crippen LogP contribution in [0, 0.1) is 0 Å². The Morgan fingerprint density at radius 3 is 3.05 bits per heavy atom. The zero-order valence-corrected chi connectivity index (χ0v) is 12.2. The van der Waals surface area contributed by atoms with Crippen LogP contribution < -0.4 is 5.32 Å². The van der Waals surface area contributed by atoms with Crippen molar-refractivity contribution >= 4 is 27.4 Å². The molecule has 1 aromatic carbocycles. The van der Waals surface area contributed by atoms with Crippen molar-refractivity contribution in [2.75, 3.05) is 19.6 Å². The first-order valence-corrected chi connectivity index (χ1v) is 7.66. The average Bonchev–Trinajstić information content (AvgIpc) is 2.90. The van der Waals surface area contributed by atoms with Crippen molar-refractivity contribution in [1.29, 1.82) is 0 Å². The van der Waals surface area contributed by atoms with Gasteiger partial charge in [0.1, 0.15) is 6.04 Å². The van der Waals surface area contributed by atoms with E-state index in [-0.39, 0.29) is 6.04 Å². The van der Waals surface area contributed by atoms with E-state index in [9.17, 15) is 9.90 Å². The lowest BCUT2D eigenvalue weighted by Gasteiger charge is -2.37. The summed E-state index contributed by atoms with van der Waals surface area (Å²) in [5.41, 5.74) is 0. The van der Waals surface area contributed by atoms with E-state index in [0.717, 1.165) is 13.1 Å². The topological polar surface area (TPSA) is 52.6 Å². The van der Waals surface area contributed by atoms with Crippen LogP contribution in [0.4, 0.5) is 0 Å². The van der Waals surface area contributed by atoms with Crippen LogP contribution in [0.25, 0.3) is 10.1 Å². The lowest BCUT2D eigenvalue weighted by molar-refractivity contribution is -0.145. The first-order valence-electron chi connectivity index (χ1n) is 6.84. The van der Waals surface area contributed by atoms with Crippen LogP contribution in [0.2, 0.25) is 0 Å². The quantitative estimate of drug-likeness (QED) is 0.911. The summed E-state index contributed by atoms with van der Waals surface area (Å²) in [6.45, 7) is 4.24. The Morgan fingerprint density at radius 1 is 1.50 bits per heavy atom. The molecule has 2 aromatic rings. The number of carbonyl (C=O) groups is 1. The fourth-order valence-corrected chi connectivity index (χ4v) is 3.92. The number of aliphatic carboxylic acids is 1. The lowest BCUT2D eigenvalue weighted by Crippen LogP contribution is -2.55. The van der Waals surface area contributed by atoms with Crippen molar-refractivity contribution < 1.29 is 9.90 Å². The van der Waals surface area contributed by atoms with Crippen LogP contribution in [0.15, 0.2) is 30.3 Å². The predicted molar refractivity (Wildman–Crippen MR) is 81.2 cm³/mol. The van der Waals surface area contributed by atoms with Gasteiger partial charge in [0.25, 0.3) is 0 Å². The molecule has 0 amide bonds. The van der Waals surface area contributed by atoms with Gasteiger partial charge in [-0.3, -0.25) is 9.69 Å². The summed E-state index contributed by atoms with van der Waals surface area (Å²) in [4.78, 5) is 14.7. The highest BCUT2D eigenvalue weighted by atomic mass is 32.1. The van der Waals surface area contributed by atoms with Crippen LogP contribution in [-0.2, 0) is 4.79 Å². The molecule has 4 nitrogen and oxygen atoms in total. The average molecular weight is 290 g/mol. The molecule has 1 saturated heterocycles. The Balaban J connectivity index is 1.89. The molecule has 1 aromatic heterocycles. The summed E-state index contributed by atoms with van der Waals surface area (Å²) >= 11 is 1.76. The van der Waals surface area contributed by atoms with Crippen LogP contribution in [0.5, 0.6) is 0 Å². The third kappa shape index (κ3) is 2.44. The van der Waals surface area contributed by atoms with Crippen molar-refractivity contribution in [3.63, 3.8) is 0 Å². The minimum Gasteiger partial charge on any atom is -0.480 e. The second-order valence-corrected chi connectivity index (χ2v) is 6.27. The van der Waals surface area contributed by atoms with Gasteiger partial charge in [0.15, 0.2) is 0 Å². The zero-order valence-electron chi connectivity index (χ0n) is 11.4. The second-order valence-electron chi connectivity index (χ2n) is 5.16. The molecule has 0 saturated carbocycles. The van der Waals surface area contributed by atoms with E-state index in [0.29, 0.717) is 6.54 Å². The van der Waals surface area contributed by atoms with Crippen molar-refractivity contribution in [2.24, 2.45) is 0 Å². The van der Waals surface area contributed by atoms with Crippen LogP contribution >= 0.6 is 11.3 Å². The molecule has 2 atom stereocenters. The Kier molecular flexibility index (Phi) is 3.74. The molecule has 5 heteroatoms. The summed E-state index contributed by atoms with van der Waals surface area (Å²) in [6.07, 6.45) is 0. The fourth-order valence-electron chi connectivity index (χ4n) is 2.78. The van der Waals surface area contributed by atoms with E-state index in [4.69, 9.17) is 0 Å². The van der Waals surface area contributed by atoms with Gasteiger partial charge in [-0.15, -0.1) is 11.3 Å². The smallest absolute Gasteiger partial charge is 0.322 e. The molecular weight excluding hydrogens is 272 g/mol. The third-order valence-corrected chi connectivity index (χ3v) is 5.21. The Bertz CT molecular complexity index is 592. The highest BCUT2D eigenvalue weighted by molar-refractivity contribution is 7.19. The molecule has 2 heterocycles. The molecule has 0 radical (unpaired) electrons. The van der Waals surface area contributed by atoms with E-state index >= 15 is 0 Å². The van der Waals surface area contributed by atoms with Crippen LogP contribution in [0.3, 0.4) is 0 Å². The van der Waals surface area contributed by atoms with E-state index in [1.54, 1.807) is 11.3 Å². The van der Waals surface area contributed by atoms with Gasteiger partial charge in [0.05, 0.1) is 0 Å². The molecule has 0 spiro atoms. The summed E-state index contributed by atoms with van der Waals surface area (Å²) < 4.78 is 1.26. The number of nitrogens with zero attached hydrogens (tertiary/aromatic N) is 1. The number of fused-ring (bicyclic) bond motifs is 1. The maximum atomic E-state index is 11.4. The van der Waals surface area contributed by atoms with Crippen LogP contribution in [-0.4, -0.2) is 41.7 Å². The van der Waals surface area contributed by atoms with Gasteiger partial charge >= 0.3 is 5.97 Å². The van der Waals surface area contributed by atoms with E-state index in [1.807, 2.05) is 12.1 Å². The van der Waals surface area contributed by atoms with Gasteiger partial charge in [0.2, 0.25) is 0 Å². The minimum absolute atomic E-state index is 0.135. The van der Waals surface area contributed by atoms with Gasteiger partial charge in [-0.25, -0.2) is 0 Å². The molecule has 2 N–H and O–H groups in total. The molecule has 106 valence electrons. The van der Waals surface area contributed by atoms with E-state index in [2.05, 4.69) is 35.3 Å². The lowest BCUT2D eigenvalue weighted by atomic mass is 10.1. The molecule has 3 rings (SSSR count).